The summed E-state index contributed by atoms with van der Waals surface area (Å²) in [6.07, 6.45) is 0. The third-order valence-corrected chi connectivity index (χ3v) is 2.03. The van der Waals surface area contributed by atoms with Crippen molar-refractivity contribution >= 4 is 6.85 Å². The van der Waals surface area contributed by atoms with E-state index in [1.807, 2.05) is 0 Å². The molecule has 0 aromatic heterocycles. The third kappa shape index (κ3) is 1.13. The summed E-state index contributed by atoms with van der Waals surface area (Å²) in [5.74, 6) is -0.812. The normalized spacial score (nSPS) is 19.5. The molecule has 1 aliphatic rings. The van der Waals surface area contributed by atoms with Gasteiger partial charge in [0.05, 0.1) is 11.4 Å². The van der Waals surface area contributed by atoms with Crippen LogP contribution in [-0.4, -0.2) is 11.9 Å². The van der Waals surface area contributed by atoms with Crippen LogP contribution in [-0.2, 0) is 0 Å². The summed E-state index contributed by atoms with van der Waals surface area (Å²) in [6.45, 7) is 2.92. The van der Waals surface area contributed by atoms with Crippen LogP contribution in [0.5, 0.6) is 0 Å². The first-order valence-corrected chi connectivity index (χ1v) is 3.64. The zero-order chi connectivity index (χ0) is 9.46. The molecule has 0 aromatic rings. The predicted octanol–water partition coefficient (Wildman–Crippen LogP) is 2.79. The van der Waals surface area contributed by atoms with E-state index in [-0.39, 0.29) is 16.3 Å². The van der Waals surface area contributed by atoms with Crippen molar-refractivity contribution in [2.45, 2.75) is 20.7 Å². The van der Waals surface area contributed by atoms with E-state index < -0.39 is 18.4 Å². The molecule has 0 amide bonds. The average molecular weight is 175 g/mol. The smallest absolute Gasteiger partial charge is 0.252 e. The van der Waals surface area contributed by atoms with Crippen molar-refractivity contribution in [1.29, 1.82) is 0 Å². The Morgan fingerprint density at radius 3 is 2.25 bits per heavy atom. The van der Waals surface area contributed by atoms with Gasteiger partial charge in [-0.3, -0.25) is 5.03 Å². The van der Waals surface area contributed by atoms with Crippen LogP contribution in [0.15, 0.2) is 22.8 Å². The third-order valence-electron chi connectivity index (χ3n) is 2.03. The highest BCUT2D eigenvalue weighted by Crippen LogP contribution is 2.31. The van der Waals surface area contributed by atoms with Crippen LogP contribution in [0.3, 0.4) is 0 Å². The Balaban J connectivity index is 3.18. The molecule has 0 spiro atoms. The lowest BCUT2D eigenvalue weighted by atomic mass is 9.60. The molecule has 0 saturated carbocycles. The molecule has 0 radical (unpaired) electrons. The quantitative estimate of drug-likeness (QED) is 0.404. The second kappa shape index (κ2) is 2.88. The van der Waals surface area contributed by atoms with Gasteiger partial charge in [-0.15, -0.1) is 4.48 Å². The van der Waals surface area contributed by atoms with Crippen LogP contribution in [0.1, 0.15) is 13.8 Å². The van der Waals surface area contributed by atoms with E-state index in [2.05, 4.69) is 0 Å². The van der Waals surface area contributed by atoms with Crippen molar-refractivity contribution in [3.8, 4) is 0 Å². The van der Waals surface area contributed by atoms with E-state index in [4.69, 9.17) is 0 Å². The van der Waals surface area contributed by atoms with Gasteiger partial charge < -0.3 is 0 Å². The van der Waals surface area contributed by atoms with Crippen molar-refractivity contribution in [3.63, 3.8) is 0 Å². The fourth-order valence-corrected chi connectivity index (χ4v) is 1.17. The van der Waals surface area contributed by atoms with Crippen LogP contribution in [0.25, 0.3) is 0 Å². The van der Waals surface area contributed by atoms with Gasteiger partial charge >= 0.3 is 6.85 Å². The fourth-order valence-electron chi connectivity index (χ4n) is 1.17. The van der Waals surface area contributed by atoms with Crippen LogP contribution >= 0.6 is 0 Å². The molecule has 0 fully saturated rings. The van der Waals surface area contributed by atoms with E-state index in [9.17, 15) is 13.3 Å². The Morgan fingerprint density at radius 2 is 1.75 bits per heavy atom. The maximum atomic E-state index is 13.0. The van der Waals surface area contributed by atoms with Crippen LogP contribution in [0.2, 0.25) is 6.82 Å². The number of rotatable bonds is 0. The summed E-state index contributed by atoms with van der Waals surface area (Å²) in [7, 11) is 0. The minimum atomic E-state index is -1.01. The molecule has 5 heteroatoms. The molecular formula is C7H9BF3N. The lowest BCUT2D eigenvalue weighted by Crippen LogP contribution is -2.33. The molecule has 66 valence electrons. The summed E-state index contributed by atoms with van der Waals surface area (Å²) in [6, 6.07) is 0. The van der Waals surface area contributed by atoms with Gasteiger partial charge in [0.1, 0.15) is 5.83 Å². The van der Waals surface area contributed by atoms with E-state index in [0.717, 1.165) is 0 Å². The van der Waals surface area contributed by atoms with Gasteiger partial charge in [0.2, 0.25) is 0 Å². The van der Waals surface area contributed by atoms with Gasteiger partial charge in [0.25, 0.3) is 0 Å². The number of hydrogen-bond acceptors (Lipinski definition) is 1. The molecular weight excluding hydrogens is 166 g/mol. The van der Waals surface area contributed by atoms with Crippen molar-refractivity contribution in [3.05, 3.63) is 22.8 Å². The molecule has 1 nitrogen and oxygen atoms in total. The van der Waals surface area contributed by atoms with Gasteiger partial charge in [-0.1, -0.05) is 6.82 Å². The zero-order valence-electron chi connectivity index (χ0n) is 7.16. The standard InChI is InChI=1S/C7H9BF3N/c1-4-6(9)5(2)12(11)8(3)7(4)10/h1-3H3. The first-order chi connectivity index (χ1) is 5.46. The highest BCUT2D eigenvalue weighted by Gasteiger charge is 2.33. The molecule has 12 heavy (non-hydrogen) atoms. The largest absolute Gasteiger partial charge is 0.358 e. The molecule has 0 aliphatic carbocycles. The molecule has 1 heterocycles. The Morgan fingerprint density at radius 1 is 1.25 bits per heavy atom. The lowest BCUT2D eigenvalue weighted by Gasteiger charge is -2.24. The Labute approximate surface area is 69.6 Å². The van der Waals surface area contributed by atoms with Gasteiger partial charge in [-0.2, -0.15) is 0 Å². The second-order valence-electron chi connectivity index (χ2n) is 2.86. The topological polar surface area (TPSA) is 3.24 Å². The highest BCUT2D eigenvalue weighted by atomic mass is 19.2. The van der Waals surface area contributed by atoms with E-state index in [0.29, 0.717) is 0 Å². The molecule has 0 bridgehead atoms. The predicted molar refractivity (Wildman–Crippen MR) is 42.2 cm³/mol. The van der Waals surface area contributed by atoms with Gasteiger partial charge in [-0.05, 0) is 13.8 Å². The summed E-state index contributed by atoms with van der Waals surface area (Å²) in [5, 5.41) is 0.0949. The summed E-state index contributed by atoms with van der Waals surface area (Å²) >= 11 is 0. The lowest BCUT2D eigenvalue weighted by molar-refractivity contribution is 0.173. The summed E-state index contributed by atoms with van der Waals surface area (Å²) in [5.41, 5.74) is -1.02. The Hall–Kier alpha value is -0.865. The minimum absolute atomic E-state index is 0.0949. The van der Waals surface area contributed by atoms with E-state index in [1.165, 1.54) is 20.7 Å². The van der Waals surface area contributed by atoms with E-state index in [1.54, 1.807) is 0 Å². The average Bonchev–Trinajstić information content (AvgIpc) is 2.08. The highest BCUT2D eigenvalue weighted by molar-refractivity contribution is 6.62. The van der Waals surface area contributed by atoms with Crippen LogP contribution < -0.4 is 0 Å². The molecule has 0 unspecified atom stereocenters. The van der Waals surface area contributed by atoms with Crippen molar-refractivity contribution < 1.29 is 13.3 Å². The van der Waals surface area contributed by atoms with Crippen LogP contribution in [0.4, 0.5) is 13.3 Å². The van der Waals surface area contributed by atoms with Gasteiger partial charge in [-0.25, -0.2) is 8.78 Å². The molecule has 0 N–H and O–H groups in total. The van der Waals surface area contributed by atoms with Crippen LogP contribution in [0, 0.1) is 0 Å². The van der Waals surface area contributed by atoms with E-state index >= 15 is 0 Å². The SMILES string of the molecule is CB1C(F)=C(C)C(F)=C(C)N1F. The number of allylic oxidation sites excluding steroid dienone is 3. The molecule has 0 atom stereocenters. The molecule has 1 aliphatic heterocycles. The molecule has 0 saturated heterocycles. The first-order valence-electron chi connectivity index (χ1n) is 3.64. The Bertz CT molecular complexity index is 244. The first kappa shape index (κ1) is 9.22. The van der Waals surface area contributed by atoms with Crippen molar-refractivity contribution in [1.82, 2.24) is 5.03 Å². The second-order valence-corrected chi connectivity index (χ2v) is 2.86. The maximum absolute atomic E-state index is 13.0. The number of nitrogens with zero attached hydrogens (tertiary/aromatic N) is 1. The molecule has 1 rings (SSSR count). The minimum Gasteiger partial charge on any atom is -0.252 e. The molecule has 0 aromatic carbocycles. The fraction of sp³-hybridized carbons (Fsp3) is 0.429. The summed E-state index contributed by atoms with van der Waals surface area (Å²) < 4.78 is 38.8. The summed E-state index contributed by atoms with van der Waals surface area (Å²) in [4.78, 5) is 0. The van der Waals surface area contributed by atoms with Gasteiger partial charge in [0, 0.05) is 5.57 Å². The van der Waals surface area contributed by atoms with Crippen molar-refractivity contribution in [2.24, 2.45) is 0 Å². The monoisotopic (exact) mass is 175 g/mol. The Kier molecular flexibility index (Phi) is 2.21. The number of hydrogen-bond donors (Lipinski definition) is 0. The van der Waals surface area contributed by atoms with Crippen molar-refractivity contribution in [2.75, 3.05) is 0 Å². The maximum Gasteiger partial charge on any atom is 0.358 e. The van der Waals surface area contributed by atoms with Gasteiger partial charge in [0.15, 0.2) is 0 Å². The number of halogens is 3. The zero-order valence-corrected chi connectivity index (χ0v) is 7.16.